The van der Waals surface area contributed by atoms with Gasteiger partial charge in [0, 0.05) is 24.8 Å². The minimum Gasteiger partial charge on any atom is -0.369 e. The molecule has 2 aliphatic heterocycles. The van der Waals surface area contributed by atoms with Crippen molar-refractivity contribution >= 4 is 5.69 Å². The zero-order chi connectivity index (χ0) is 13.2. The molecule has 3 rings (SSSR count). The second-order valence-corrected chi connectivity index (χ2v) is 6.52. The molecule has 1 aromatic carbocycles. The topological polar surface area (TPSA) is 15.3 Å². The summed E-state index contributed by atoms with van der Waals surface area (Å²) in [7, 11) is 0. The Labute approximate surface area is 117 Å². The normalized spacial score (nSPS) is 31.1. The van der Waals surface area contributed by atoms with Crippen molar-refractivity contribution in [3.05, 3.63) is 29.8 Å². The standard InChI is InChI=1S/C17H26N2/c1-13-10-15-7-3-4-8-17(15)19(11-13)12-16-14(2)6-5-9-18-16/h3-4,7-8,13-14,16,18H,5-6,9-12H2,1-2H3. The molecule has 0 bridgehead atoms. The lowest BCUT2D eigenvalue weighted by Crippen LogP contribution is -2.50. The first-order valence-corrected chi connectivity index (χ1v) is 7.80. The Morgan fingerprint density at radius 1 is 1.26 bits per heavy atom. The zero-order valence-electron chi connectivity index (χ0n) is 12.2. The number of para-hydroxylation sites is 1. The molecule has 3 atom stereocenters. The Morgan fingerprint density at radius 2 is 2.11 bits per heavy atom. The van der Waals surface area contributed by atoms with Crippen LogP contribution in [0.4, 0.5) is 5.69 Å². The van der Waals surface area contributed by atoms with E-state index in [4.69, 9.17) is 0 Å². The van der Waals surface area contributed by atoms with Gasteiger partial charge in [-0.15, -0.1) is 0 Å². The summed E-state index contributed by atoms with van der Waals surface area (Å²) in [5, 5.41) is 3.72. The van der Waals surface area contributed by atoms with E-state index in [1.807, 2.05) is 0 Å². The molecular weight excluding hydrogens is 232 g/mol. The van der Waals surface area contributed by atoms with Gasteiger partial charge >= 0.3 is 0 Å². The Balaban J connectivity index is 1.77. The highest BCUT2D eigenvalue weighted by molar-refractivity contribution is 5.55. The summed E-state index contributed by atoms with van der Waals surface area (Å²) in [6, 6.07) is 9.62. The summed E-state index contributed by atoms with van der Waals surface area (Å²) in [6.07, 6.45) is 3.95. The molecule has 1 saturated heterocycles. The molecule has 0 aliphatic carbocycles. The molecule has 1 aromatic rings. The van der Waals surface area contributed by atoms with Crippen LogP contribution in [0.5, 0.6) is 0 Å². The van der Waals surface area contributed by atoms with Crippen molar-refractivity contribution in [2.24, 2.45) is 11.8 Å². The highest BCUT2D eigenvalue weighted by atomic mass is 15.2. The number of nitrogens with one attached hydrogen (secondary N) is 1. The lowest BCUT2D eigenvalue weighted by molar-refractivity contribution is 0.297. The first-order chi connectivity index (χ1) is 9.24. The van der Waals surface area contributed by atoms with Crippen LogP contribution in [0.3, 0.4) is 0 Å². The number of rotatable bonds is 2. The number of nitrogens with zero attached hydrogens (tertiary/aromatic N) is 1. The van der Waals surface area contributed by atoms with Crippen molar-refractivity contribution in [2.75, 3.05) is 24.5 Å². The second-order valence-electron chi connectivity index (χ2n) is 6.52. The van der Waals surface area contributed by atoms with Gasteiger partial charge in [-0.3, -0.25) is 0 Å². The van der Waals surface area contributed by atoms with Gasteiger partial charge in [0.1, 0.15) is 0 Å². The van der Waals surface area contributed by atoms with Gasteiger partial charge in [0.15, 0.2) is 0 Å². The monoisotopic (exact) mass is 258 g/mol. The van der Waals surface area contributed by atoms with Crippen molar-refractivity contribution in [2.45, 2.75) is 39.2 Å². The highest BCUT2D eigenvalue weighted by Gasteiger charge is 2.27. The molecule has 2 heteroatoms. The van der Waals surface area contributed by atoms with E-state index in [2.05, 4.69) is 48.3 Å². The maximum Gasteiger partial charge on any atom is 0.0399 e. The fourth-order valence-electron chi connectivity index (χ4n) is 3.68. The van der Waals surface area contributed by atoms with Crippen LogP contribution in [0.15, 0.2) is 24.3 Å². The largest absolute Gasteiger partial charge is 0.369 e. The lowest BCUT2D eigenvalue weighted by atomic mass is 9.89. The molecule has 2 nitrogen and oxygen atoms in total. The smallest absolute Gasteiger partial charge is 0.0399 e. The predicted octanol–water partition coefficient (Wildman–Crippen LogP) is 3.07. The number of benzene rings is 1. The maximum absolute atomic E-state index is 3.72. The molecular formula is C17H26N2. The number of hydrogen-bond donors (Lipinski definition) is 1. The summed E-state index contributed by atoms with van der Waals surface area (Å²) in [5.41, 5.74) is 3.00. The molecule has 19 heavy (non-hydrogen) atoms. The fraction of sp³-hybridized carbons (Fsp3) is 0.647. The van der Waals surface area contributed by atoms with Gasteiger partial charge < -0.3 is 10.2 Å². The van der Waals surface area contributed by atoms with Crippen LogP contribution < -0.4 is 10.2 Å². The second kappa shape index (κ2) is 5.54. The molecule has 0 aromatic heterocycles. The van der Waals surface area contributed by atoms with Crippen molar-refractivity contribution in [1.29, 1.82) is 0 Å². The van der Waals surface area contributed by atoms with Gasteiger partial charge in [-0.1, -0.05) is 32.0 Å². The van der Waals surface area contributed by atoms with Crippen molar-refractivity contribution < 1.29 is 0 Å². The quantitative estimate of drug-likeness (QED) is 0.877. The first kappa shape index (κ1) is 13.0. The molecule has 1 fully saturated rings. The van der Waals surface area contributed by atoms with Crippen molar-refractivity contribution in [1.82, 2.24) is 5.32 Å². The molecule has 3 unspecified atom stereocenters. The van der Waals surface area contributed by atoms with Crippen LogP contribution in [-0.2, 0) is 6.42 Å². The molecule has 0 spiro atoms. The van der Waals surface area contributed by atoms with Crippen LogP contribution in [-0.4, -0.2) is 25.7 Å². The van der Waals surface area contributed by atoms with E-state index in [0.717, 1.165) is 11.8 Å². The maximum atomic E-state index is 3.72. The highest BCUT2D eigenvalue weighted by Crippen LogP contribution is 2.30. The van der Waals surface area contributed by atoms with Crippen LogP contribution in [0.25, 0.3) is 0 Å². The number of anilines is 1. The Hall–Kier alpha value is -1.02. The van der Waals surface area contributed by atoms with Crippen LogP contribution in [0.1, 0.15) is 32.3 Å². The molecule has 0 saturated carbocycles. The van der Waals surface area contributed by atoms with Crippen LogP contribution in [0, 0.1) is 11.8 Å². The van der Waals surface area contributed by atoms with E-state index in [0.29, 0.717) is 6.04 Å². The van der Waals surface area contributed by atoms with Gasteiger partial charge in [-0.05, 0) is 49.3 Å². The van der Waals surface area contributed by atoms with Gasteiger partial charge in [-0.25, -0.2) is 0 Å². The summed E-state index contributed by atoms with van der Waals surface area (Å²) >= 11 is 0. The molecule has 2 aliphatic rings. The molecule has 104 valence electrons. The van der Waals surface area contributed by atoms with E-state index >= 15 is 0 Å². The lowest BCUT2D eigenvalue weighted by Gasteiger charge is -2.40. The Kier molecular flexibility index (Phi) is 3.79. The van der Waals surface area contributed by atoms with E-state index in [1.165, 1.54) is 50.1 Å². The van der Waals surface area contributed by atoms with Gasteiger partial charge in [-0.2, -0.15) is 0 Å². The average Bonchev–Trinajstić information content (AvgIpc) is 2.41. The third-order valence-electron chi connectivity index (χ3n) is 4.78. The molecule has 2 heterocycles. The van der Waals surface area contributed by atoms with Crippen molar-refractivity contribution in [3.8, 4) is 0 Å². The van der Waals surface area contributed by atoms with E-state index in [9.17, 15) is 0 Å². The van der Waals surface area contributed by atoms with E-state index in [1.54, 1.807) is 0 Å². The van der Waals surface area contributed by atoms with E-state index < -0.39 is 0 Å². The first-order valence-electron chi connectivity index (χ1n) is 7.80. The van der Waals surface area contributed by atoms with Crippen LogP contribution in [0.2, 0.25) is 0 Å². The number of hydrogen-bond acceptors (Lipinski definition) is 2. The van der Waals surface area contributed by atoms with Gasteiger partial charge in [0.2, 0.25) is 0 Å². The molecule has 0 amide bonds. The number of fused-ring (bicyclic) bond motifs is 1. The van der Waals surface area contributed by atoms with Crippen molar-refractivity contribution in [3.63, 3.8) is 0 Å². The summed E-state index contributed by atoms with van der Waals surface area (Å²) in [5.74, 6) is 1.58. The zero-order valence-corrected chi connectivity index (χ0v) is 12.2. The average molecular weight is 258 g/mol. The SMILES string of the molecule is CC1Cc2ccccc2N(CC2NCCCC2C)C1. The third kappa shape index (κ3) is 2.79. The minimum atomic E-state index is 0.659. The minimum absolute atomic E-state index is 0.659. The van der Waals surface area contributed by atoms with Crippen LogP contribution >= 0.6 is 0 Å². The third-order valence-corrected chi connectivity index (χ3v) is 4.78. The molecule has 0 radical (unpaired) electrons. The number of piperidine rings is 1. The van der Waals surface area contributed by atoms with Gasteiger partial charge in [0.05, 0.1) is 0 Å². The predicted molar refractivity (Wildman–Crippen MR) is 81.7 cm³/mol. The van der Waals surface area contributed by atoms with E-state index in [-0.39, 0.29) is 0 Å². The van der Waals surface area contributed by atoms with Gasteiger partial charge in [0.25, 0.3) is 0 Å². The summed E-state index contributed by atoms with van der Waals surface area (Å²) < 4.78 is 0. The Morgan fingerprint density at radius 3 is 2.95 bits per heavy atom. The molecule has 1 N–H and O–H groups in total. The fourth-order valence-corrected chi connectivity index (χ4v) is 3.68. The summed E-state index contributed by atoms with van der Waals surface area (Å²) in [6.45, 7) is 8.35. The summed E-state index contributed by atoms with van der Waals surface area (Å²) in [4.78, 5) is 2.61. The Bertz CT molecular complexity index is 429.